The molecule has 0 aliphatic heterocycles. The molecule has 7 heteroatoms. The second kappa shape index (κ2) is 5.28. The van der Waals surface area contributed by atoms with Crippen LogP contribution in [-0.2, 0) is 17.9 Å². The van der Waals surface area contributed by atoms with Crippen molar-refractivity contribution >= 4 is 11.9 Å². The summed E-state index contributed by atoms with van der Waals surface area (Å²) in [6.07, 6.45) is 5.32. The maximum Gasteiger partial charge on any atom is 0.244 e. The minimum Gasteiger partial charge on any atom is -0.367 e. The summed E-state index contributed by atoms with van der Waals surface area (Å²) in [7, 11) is 0. The van der Waals surface area contributed by atoms with Gasteiger partial charge >= 0.3 is 0 Å². The van der Waals surface area contributed by atoms with Crippen LogP contribution in [0.3, 0.4) is 0 Å². The van der Waals surface area contributed by atoms with Crippen LogP contribution in [0.15, 0.2) is 30.7 Å². The van der Waals surface area contributed by atoms with E-state index in [4.69, 9.17) is 5.73 Å². The van der Waals surface area contributed by atoms with Gasteiger partial charge in [-0.2, -0.15) is 0 Å². The fraction of sp³-hybridized carbons (Fsp3) is 0.385. The smallest absolute Gasteiger partial charge is 0.244 e. The summed E-state index contributed by atoms with van der Waals surface area (Å²) in [6.45, 7) is 0.696. The van der Waals surface area contributed by atoms with Gasteiger partial charge in [-0.3, -0.25) is 9.78 Å². The molecule has 2 N–H and O–H groups in total. The molecule has 0 unspecified atom stereocenters. The van der Waals surface area contributed by atoms with Gasteiger partial charge in [-0.1, -0.05) is 6.07 Å². The summed E-state index contributed by atoms with van der Waals surface area (Å²) in [4.78, 5) is 22.3. The third-order valence-corrected chi connectivity index (χ3v) is 3.22. The zero-order chi connectivity index (χ0) is 13.9. The largest absolute Gasteiger partial charge is 0.367 e. The molecule has 20 heavy (non-hydrogen) atoms. The Morgan fingerprint density at radius 3 is 2.85 bits per heavy atom. The first-order chi connectivity index (χ1) is 9.72. The van der Waals surface area contributed by atoms with Gasteiger partial charge in [0.05, 0.1) is 12.2 Å². The van der Waals surface area contributed by atoms with Crippen molar-refractivity contribution < 1.29 is 4.79 Å². The van der Waals surface area contributed by atoms with Crippen LogP contribution in [0.1, 0.15) is 18.5 Å². The molecule has 2 heterocycles. The predicted octanol–water partition coefficient (Wildman–Crippen LogP) is 0.446. The van der Waals surface area contributed by atoms with Gasteiger partial charge in [0.1, 0.15) is 12.9 Å². The fourth-order valence-corrected chi connectivity index (χ4v) is 2.09. The molecular formula is C13H16N6O. The molecular weight excluding hydrogens is 256 g/mol. The second-order valence-corrected chi connectivity index (χ2v) is 4.87. The lowest BCUT2D eigenvalue weighted by Gasteiger charge is -2.21. The Morgan fingerprint density at radius 2 is 2.25 bits per heavy atom. The first-order valence-electron chi connectivity index (χ1n) is 6.56. The van der Waals surface area contributed by atoms with Gasteiger partial charge in [0.15, 0.2) is 0 Å². The van der Waals surface area contributed by atoms with E-state index in [0.29, 0.717) is 12.6 Å². The van der Waals surface area contributed by atoms with E-state index in [-0.39, 0.29) is 18.4 Å². The van der Waals surface area contributed by atoms with Crippen LogP contribution in [0.4, 0.5) is 5.95 Å². The van der Waals surface area contributed by atoms with E-state index < -0.39 is 0 Å². The van der Waals surface area contributed by atoms with Gasteiger partial charge < -0.3 is 10.6 Å². The summed E-state index contributed by atoms with van der Waals surface area (Å²) in [5, 5.41) is 3.94. The molecule has 0 saturated heterocycles. The number of pyridine rings is 1. The molecule has 0 spiro atoms. The maximum absolute atomic E-state index is 12.4. The summed E-state index contributed by atoms with van der Waals surface area (Å²) in [5.41, 5.74) is 6.34. The van der Waals surface area contributed by atoms with Crippen molar-refractivity contribution in [2.75, 3.05) is 5.73 Å². The number of carbonyl (C=O) groups excluding carboxylic acids is 1. The third kappa shape index (κ3) is 2.93. The van der Waals surface area contributed by atoms with Crippen molar-refractivity contribution in [3.63, 3.8) is 0 Å². The average molecular weight is 272 g/mol. The number of hydrogen-bond donors (Lipinski definition) is 1. The molecule has 1 saturated carbocycles. The molecule has 3 rings (SSSR count). The van der Waals surface area contributed by atoms with E-state index in [9.17, 15) is 4.79 Å². The maximum atomic E-state index is 12.4. The molecule has 1 fully saturated rings. The lowest BCUT2D eigenvalue weighted by Crippen LogP contribution is -2.35. The highest BCUT2D eigenvalue weighted by Crippen LogP contribution is 2.28. The van der Waals surface area contributed by atoms with Crippen LogP contribution in [0.5, 0.6) is 0 Å². The van der Waals surface area contributed by atoms with Gasteiger partial charge in [0, 0.05) is 12.2 Å². The number of anilines is 1. The first kappa shape index (κ1) is 12.6. The van der Waals surface area contributed by atoms with E-state index in [1.807, 2.05) is 23.1 Å². The van der Waals surface area contributed by atoms with Crippen LogP contribution in [0, 0.1) is 0 Å². The molecule has 0 bridgehead atoms. The van der Waals surface area contributed by atoms with Crippen molar-refractivity contribution in [1.82, 2.24) is 24.6 Å². The molecule has 0 radical (unpaired) electrons. The monoisotopic (exact) mass is 272 g/mol. The van der Waals surface area contributed by atoms with Crippen LogP contribution < -0.4 is 5.73 Å². The SMILES string of the molecule is Nc1ncn(CC(=O)N(Cc2ccccn2)C2CC2)n1. The lowest BCUT2D eigenvalue weighted by molar-refractivity contribution is -0.133. The Labute approximate surface area is 116 Å². The minimum atomic E-state index is 0.0167. The van der Waals surface area contributed by atoms with Crippen LogP contribution in [0.2, 0.25) is 0 Å². The van der Waals surface area contributed by atoms with E-state index in [0.717, 1.165) is 18.5 Å². The Hall–Kier alpha value is -2.44. The number of nitrogens with two attached hydrogens (primary N) is 1. The number of amides is 1. The average Bonchev–Trinajstić information content (AvgIpc) is 3.21. The first-order valence-corrected chi connectivity index (χ1v) is 6.56. The van der Waals surface area contributed by atoms with Crippen molar-refractivity contribution in [3.05, 3.63) is 36.4 Å². The summed E-state index contributed by atoms with van der Waals surface area (Å²) < 4.78 is 1.46. The molecule has 1 aliphatic rings. The van der Waals surface area contributed by atoms with E-state index >= 15 is 0 Å². The third-order valence-electron chi connectivity index (χ3n) is 3.22. The molecule has 0 aromatic carbocycles. The Morgan fingerprint density at radius 1 is 1.40 bits per heavy atom. The Balaban J connectivity index is 1.69. The standard InChI is InChI=1S/C13H16N6O/c14-13-16-9-18(17-13)8-12(20)19(11-4-5-11)7-10-3-1-2-6-15-10/h1-3,6,9,11H,4-5,7-8H2,(H2,14,17). The fourth-order valence-electron chi connectivity index (χ4n) is 2.09. The number of hydrogen-bond acceptors (Lipinski definition) is 5. The number of rotatable bonds is 5. The van der Waals surface area contributed by atoms with Crippen molar-refractivity contribution in [2.45, 2.75) is 32.0 Å². The normalized spacial score (nSPS) is 14.2. The van der Waals surface area contributed by atoms with Crippen LogP contribution >= 0.6 is 0 Å². The van der Waals surface area contributed by atoms with Crippen molar-refractivity contribution in [2.24, 2.45) is 0 Å². The molecule has 1 aliphatic carbocycles. The van der Waals surface area contributed by atoms with Gasteiger partial charge in [0.2, 0.25) is 11.9 Å². The molecule has 1 amide bonds. The zero-order valence-corrected chi connectivity index (χ0v) is 11.0. The molecule has 2 aromatic rings. The molecule has 0 atom stereocenters. The highest BCUT2D eigenvalue weighted by molar-refractivity contribution is 5.76. The summed E-state index contributed by atoms with van der Waals surface area (Å²) in [6, 6.07) is 6.04. The molecule has 2 aromatic heterocycles. The van der Waals surface area contributed by atoms with Gasteiger partial charge in [-0.05, 0) is 25.0 Å². The Bertz CT molecular complexity index is 592. The zero-order valence-electron chi connectivity index (χ0n) is 11.0. The second-order valence-electron chi connectivity index (χ2n) is 4.87. The van der Waals surface area contributed by atoms with Gasteiger partial charge in [-0.25, -0.2) is 9.67 Å². The number of nitrogen functional groups attached to an aromatic ring is 1. The molecule has 7 nitrogen and oxygen atoms in total. The van der Waals surface area contributed by atoms with E-state index in [1.54, 1.807) is 6.20 Å². The Kier molecular flexibility index (Phi) is 3.32. The summed E-state index contributed by atoms with van der Waals surface area (Å²) in [5.74, 6) is 0.198. The topological polar surface area (TPSA) is 89.9 Å². The minimum absolute atomic E-state index is 0.0167. The van der Waals surface area contributed by atoms with Crippen molar-refractivity contribution in [1.29, 1.82) is 0 Å². The van der Waals surface area contributed by atoms with Crippen molar-refractivity contribution in [3.8, 4) is 0 Å². The predicted molar refractivity (Wildman–Crippen MR) is 72.2 cm³/mol. The summed E-state index contributed by atoms with van der Waals surface area (Å²) >= 11 is 0. The van der Waals surface area contributed by atoms with Crippen LogP contribution in [0.25, 0.3) is 0 Å². The van der Waals surface area contributed by atoms with Gasteiger partial charge in [0.25, 0.3) is 0 Å². The quantitative estimate of drug-likeness (QED) is 0.853. The highest BCUT2D eigenvalue weighted by atomic mass is 16.2. The van der Waals surface area contributed by atoms with E-state index in [2.05, 4.69) is 15.1 Å². The lowest BCUT2D eigenvalue weighted by atomic mass is 10.3. The number of nitrogens with zero attached hydrogens (tertiary/aromatic N) is 5. The number of aromatic nitrogens is 4. The van der Waals surface area contributed by atoms with Gasteiger partial charge in [-0.15, -0.1) is 5.10 Å². The highest BCUT2D eigenvalue weighted by Gasteiger charge is 2.32. The number of carbonyl (C=O) groups is 1. The molecule has 104 valence electrons. The van der Waals surface area contributed by atoms with Crippen LogP contribution in [-0.4, -0.2) is 36.6 Å². The van der Waals surface area contributed by atoms with E-state index in [1.165, 1.54) is 11.0 Å².